The minimum atomic E-state index is -0.968. The van der Waals surface area contributed by atoms with Gasteiger partial charge in [-0.15, -0.1) is 0 Å². The van der Waals surface area contributed by atoms with Crippen LogP contribution in [0.5, 0.6) is 0 Å². The van der Waals surface area contributed by atoms with Crippen molar-refractivity contribution in [1.29, 1.82) is 0 Å². The molecule has 5 heteroatoms. The first-order valence-corrected chi connectivity index (χ1v) is 12.9. The molecule has 3 aromatic rings. The Balaban J connectivity index is 0.00000336. The first kappa shape index (κ1) is 27.3. The lowest BCUT2D eigenvalue weighted by Crippen LogP contribution is -2.37. The lowest BCUT2D eigenvalue weighted by molar-refractivity contribution is -0.119. The van der Waals surface area contributed by atoms with Crippen LogP contribution in [0.3, 0.4) is 0 Å². The molecule has 5 nitrogen and oxygen atoms in total. The summed E-state index contributed by atoms with van der Waals surface area (Å²) in [6.45, 7) is 9.14. The van der Waals surface area contributed by atoms with Gasteiger partial charge in [0.1, 0.15) is 6.04 Å². The van der Waals surface area contributed by atoms with E-state index in [1.54, 1.807) is 29.2 Å². The van der Waals surface area contributed by atoms with Crippen LogP contribution < -0.4 is 4.90 Å². The Morgan fingerprint density at radius 1 is 0.947 bits per heavy atom. The second-order valence-electron chi connectivity index (χ2n) is 11.6. The van der Waals surface area contributed by atoms with Crippen molar-refractivity contribution in [2.24, 2.45) is 4.99 Å². The zero-order valence-electron chi connectivity index (χ0n) is 22.2. The smallest absolute Gasteiger partial charge is 0.335 e. The average molecular weight is 511 g/mol. The largest absolute Gasteiger partial charge is 0.478 e. The lowest BCUT2D eigenvalue weighted by atomic mass is 9.62. The van der Waals surface area contributed by atoms with Gasteiger partial charge in [-0.25, -0.2) is 4.79 Å². The van der Waals surface area contributed by atoms with Crippen LogP contribution in [0.2, 0.25) is 0 Å². The zero-order valence-corrected chi connectivity index (χ0v) is 22.2. The maximum atomic E-state index is 13.8. The standard InChI is InChI=1S/C32H34N2O3.CH4/c1-31(2)15-16-32(3,4)25-19-27-23(18-24(25)31)28(21-11-13-22(14-12-21)30(36)37)33-26(29(35)34(27)5)17-20-9-7-6-8-10-20;/h6-14,18-19,26H,15-17H2,1-5H3,(H,36,37);1H4/t26-;/m0./s1. The molecule has 2 aliphatic rings. The minimum Gasteiger partial charge on any atom is -0.478 e. The summed E-state index contributed by atoms with van der Waals surface area (Å²) in [4.78, 5) is 32.2. The highest BCUT2D eigenvalue weighted by Crippen LogP contribution is 2.48. The number of amides is 1. The number of carboxylic acid groups (broad SMARTS) is 1. The molecule has 198 valence electrons. The number of carbonyl (C=O) groups is 2. The molecular formula is C33H38N2O3. The van der Waals surface area contributed by atoms with Gasteiger partial charge in [0, 0.05) is 24.6 Å². The van der Waals surface area contributed by atoms with Crippen molar-refractivity contribution in [3.63, 3.8) is 0 Å². The van der Waals surface area contributed by atoms with Gasteiger partial charge in [0.05, 0.1) is 17.0 Å². The van der Waals surface area contributed by atoms with E-state index in [0.29, 0.717) is 6.42 Å². The van der Waals surface area contributed by atoms with E-state index in [4.69, 9.17) is 4.99 Å². The Hall–Kier alpha value is -3.73. The van der Waals surface area contributed by atoms with Crippen molar-refractivity contribution in [2.45, 2.75) is 71.3 Å². The second-order valence-corrected chi connectivity index (χ2v) is 11.6. The predicted octanol–water partition coefficient (Wildman–Crippen LogP) is 6.80. The van der Waals surface area contributed by atoms with E-state index in [1.807, 2.05) is 37.4 Å². The number of likely N-dealkylation sites (N-methyl/N-ethyl adjacent to an activating group) is 1. The van der Waals surface area contributed by atoms with Crippen LogP contribution >= 0.6 is 0 Å². The summed E-state index contributed by atoms with van der Waals surface area (Å²) in [5.74, 6) is -1.01. The number of rotatable bonds is 4. The Morgan fingerprint density at radius 2 is 1.53 bits per heavy atom. The van der Waals surface area contributed by atoms with Gasteiger partial charge < -0.3 is 10.0 Å². The molecule has 0 radical (unpaired) electrons. The van der Waals surface area contributed by atoms with Gasteiger partial charge in [0.15, 0.2) is 0 Å². The highest BCUT2D eigenvalue weighted by atomic mass is 16.4. The van der Waals surface area contributed by atoms with E-state index in [-0.39, 0.29) is 29.7 Å². The highest BCUT2D eigenvalue weighted by Gasteiger charge is 2.40. The summed E-state index contributed by atoms with van der Waals surface area (Å²) in [6, 6.07) is 20.6. The number of carboxylic acids is 1. The minimum absolute atomic E-state index is 0. The number of hydrogen-bond donors (Lipinski definition) is 1. The third-order valence-electron chi connectivity index (χ3n) is 8.16. The normalized spacial score (nSPS) is 19.4. The molecule has 1 heterocycles. The zero-order chi connectivity index (χ0) is 26.5. The van der Waals surface area contributed by atoms with Crippen LogP contribution in [-0.2, 0) is 22.0 Å². The van der Waals surface area contributed by atoms with Gasteiger partial charge in [-0.05, 0) is 64.6 Å². The van der Waals surface area contributed by atoms with Gasteiger partial charge in [0.25, 0.3) is 5.91 Å². The van der Waals surface area contributed by atoms with Crippen molar-refractivity contribution < 1.29 is 14.7 Å². The number of aromatic carboxylic acids is 1. The van der Waals surface area contributed by atoms with Crippen molar-refractivity contribution >= 4 is 23.3 Å². The summed E-state index contributed by atoms with van der Waals surface area (Å²) in [5, 5.41) is 9.42. The number of carbonyl (C=O) groups excluding carboxylic acids is 1. The lowest BCUT2D eigenvalue weighted by Gasteiger charge is -2.42. The van der Waals surface area contributed by atoms with E-state index >= 15 is 0 Å². The van der Waals surface area contributed by atoms with Crippen molar-refractivity contribution in [2.75, 3.05) is 11.9 Å². The van der Waals surface area contributed by atoms with Gasteiger partial charge >= 0.3 is 5.97 Å². The number of aliphatic imine (C=N–C) groups is 1. The van der Waals surface area contributed by atoms with Gasteiger partial charge in [-0.3, -0.25) is 9.79 Å². The van der Waals surface area contributed by atoms with Crippen LogP contribution in [0, 0.1) is 0 Å². The van der Waals surface area contributed by atoms with Crippen LogP contribution in [0.4, 0.5) is 5.69 Å². The highest BCUT2D eigenvalue weighted by molar-refractivity contribution is 6.20. The molecule has 38 heavy (non-hydrogen) atoms. The Bertz CT molecular complexity index is 1400. The predicted molar refractivity (Wildman–Crippen MR) is 155 cm³/mol. The van der Waals surface area contributed by atoms with Crippen LogP contribution in [-0.4, -0.2) is 35.8 Å². The first-order valence-electron chi connectivity index (χ1n) is 12.9. The molecule has 0 saturated carbocycles. The van der Waals surface area contributed by atoms with E-state index in [2.05, 4.69) is 39.8 Å². The molecule has 1 aliphatic heterocycles. The monoisotopic (exact) mass is 510 g/mol. The summed E-state index contributed by atoms with van der Waals surface area (Å²) in [7, 11) is 1.85. The molecule has 5 rings (SSSR count). The molecule has 0 saturated heterocycles. The van der Waals surface area contributed by atoms with Crippen molar-refractivity contribution in [1.82, 2.24) is 0 Å². The summed E-state index contributed by atoms with van der Waals surface area (Å²) in [5.41, 5.74) is 7.14. The molecule has 0 unspecified atom stereocenters. The Kier molecular flexibility index (Phi) is 7.09. The third-order valence-corrected chi connectivity index (χ3v) is 8.16. The Labute approximate surface area is 226 Å². The number of fused-ring (bicyclic) bond motifs is 2. The first-order chi connectivity index (χ1) is 17.5. The fraction of sp³-hybridized carbons (Fsp3) is 0.364. The summed E-state index contributed by atoms with van der Waals surface area (Å²) < 4.78 is 0. The molecule has 1 aliphatic carbocycles. The van der Waals surface area contributed by atoms with Gasteiger partial charge in [-0.2, -0.15) is 0 Å². The maximum Gasteiger partial charge on any atom is 0.335 e. The average Bonchev–Trinajstić information content (AvgIpc) is 2.97. The topological polar surface area (TPSA) is 70.0 Å². The van der Waals surface area contributed by atoms with Crippen molar-refractivity contribution in [3.8, 4) is 0 Å². The van der Waals surface area contributed by atoms with E-state index < -0.39 is 12.0 Å². The molecule has 0 spiro atoms. The maximum absolute atomic E-state index is 13.8. The number of nitrogens with zero attached hydrogens (tertiary/aromatic N) is 2. The molecule has 0 bridgehead atoms. The number of benzene rings is 3. The third kappa shape index (κ3) is 4.78. The van der Waals surface area contributed by atoms with E-state index in [1.165, 1.54) is 11.1 Å². The molecule has 0 fully saturated rings. The molecule has 1 atom stereocenters. The molecule has 1 amide bonds. The fourth-order valence-corrected chi connectivity index (χ4v) is 5.66. The number of anilines is 1. The van der Waals surface area contributed by atoms with Crippen LogP contribution in [0.15, 0.2) is 71.7 Å². The van der Waals surface area contributed by atoms with E-state index in [0.717, 1.165) is 40.9 Å². The summed E-state index contributed by atoms with van der Waals surface area (Å²) >= 11 is 0. The van der Waals surface area contributed by atoms with Crippen molar-refractivity contribution in [3.05, 3.63) is 100 Å². The SMILES string of the molecule is C.CN1C(=O)[C@H](Cc2ccccc2)N=C(c2ccc(C(=O)O)cc2)c2cc3c(cc21)C(C)(C)CCC3(C)C. The summed E-state index contributed by atoms with van der Waals surface area (Å²) in [6.07, 6.45) is 2.65. The van der Waals surface area contributed by atoms with Gasteiger partial charge in [0.2, 0.25) is 0 Å². The molecule has 1 N–H and O–H groups in total. The second kappa shape index (κ2) is 9.86. The van der Waals surface area contributed by atoms with Crippen LogP contribution in [0.25, 0.3) is 0 Å². The quantitative estimate of drug-likeness (QED) is 0.420. The van der Waals surface area contributed by atoms with Crippen LogP contribution in [0.1, 0.15) is 86.1 Å². The van der Waals surface area contributed by atoms with E-state index in [9.17, 15) is 14.7 Å². The molecular weight excluding hydrogens is 472 g/mol. The fourth-order valence-electron chi connectivity index (χ4n) is 5.66. The Morgan fingerprint density at radius 3 is 2.11 bits per heavy atom. The van der Waals surface area contributed by atoms with Gasteiger partial charge in [-0.1, -0.05) is 77.6 Å². The molecule has 0 aromatic heterocycles. The molecule has 3 aromatic carbocycles. The number of hydrogen-bond acceptors (Lipinski definition) is 3.